The van der Waals surface area contributed by atoms with Crippen LogP contribution in [0.4, 0.5) is 0 Å². The summed E-state index contributed by atoms with van der Waals surface area (Å²) in [5.41, 5.74) is -0.711. The minimum absolute atomic E-state index is 0.0898. The Morgan fingerprint density at radius 3 is 3.00 bits per heavy atom. The molecule has 0 spiro atoms. The van der Waals surface area contributed by atoms with Gasteiger partial charge in [0.05, 0.1) is 6.10 Å². The zero-order valence-electron chi connectivity index (χ0n) is 10.6. The highest BCUT2D eigenvalue weighted by atomic mass is 32.7. The normalized spacial score (nSPS) is 26.8. The number of aliphatic hydroxyl groups excluding tert-OH is 1. The lowest BCUT2D eigenvalue weighted by atomic mass is 10.2. The molecule has 0 saturated carbocycles. The van der Waals surface area contributed by atoms with E-state index in [1.165, 1.54) is 10.8 Å². The maximum atomic E-state index is 11.7. The molecule has 1 aliphatic heterocycles. The van der Waals surface area contributed by atoms with Crippen molar-refractivity contribution in [3.8, 4) is 0 Å². The van der Waals surface area contributed by atoms with E-state index in [2.05, 4.69) is 17.2 Å². The molecule has 4 atom stereocenters. The molecule has 0 aliphatic carbocycles. The van der Waals surface area contributed by atoms with Gasteiger partial charge in [0.15, 0.2) is 0 Å². The molecule has 0 aromatic carbocycles. The first-order chi connectivity index (χ1) is 9.38. The van der Waals surface area contributed by atoms with Crippen LogP contribution in [-0.2, 0) is 13.8 Å². The Bertz CT molecular complexity index is 629. The Balaban J connectivity index is 2.16. The number of hydrogen-bond donors (Lipinski definition) is 3. The first kappa shape index (κ1) is 15.4. The second kappa shape index (κ2) is 6.19. The van der Waals surface area contributed by atoms with Crippen molar-refractivity contribution in [3.05, 3.63) is 32.6 Å². The fourth-order valence-corrected chi connectivity index (χ4v) is 2.45. The van der Waals surface area contributed by atoms with E-state index in [1.54, 1.807) is 6.92 Å². The van der Waals surface area contributed by atoms with E-state index in [0.29, 0.717) is 5.56 Å². The molecule has 20 heavy (non-hydrogen) atoms. The molecule has 1 fully saturated rings. The monoisotopic (exact) mass is 321 g/mol. The van der Waals surface area contributed by atoms with E-state index in [-0.39, 0.29) is 13.0 Å². The molecular formula is C10H14N2O6PS+. The van der Waals surface area contributed by atoms with Gasteiger partial charge in [0.2, 0.25) is 0 Å². The van der Waals surface area contributed by atoms with Crippen LogP contribution in [0.1, 0.15) is 18.2 Å². The zero-order chi connectivity index (χ0) is 14.9. The van der Waals surface area contributed by atoms with E-state index in [9.17, 15) is 19.3 Å². The van der Waals surface area contributed by atoms with Crippen LogP contribution in [0.25, 0.3) is 0 Å². The summed E-state index contributed by atoms with van der Waals surface area (Å²) < 4.78 is 22.2. The van der Waals surface area contributed by atoms with Crippen molar-refractivity contribution in [1.82, 2.24) is 9.55 Å². The van der Waals surface area contributed by atoms with Crippen LogP contribution in [0, 0.1) is 6.92 Å². The van der Waals surface area contributed by atoms with Crippen LogP contribution >= 0.6 is 19.5 Å². The van der Waals surface area contributed by atoms with E-state index in [0.717, 1.165) is 0 Å². The summed E-state index contributed by atoms with van der Waals surface area (Å²) in [5, 5.41) is 9.84. The summed E-state index contributed by atoms with van der Waals surface area (Å²) in [7, 11) is -2.08. The average Bonchev–Trinajstić information content (AvgIpc) is 2.72. The van der Waals surface area contributed by atoms with Gasteiger partial charge in [-0.25, -0.2) is 4.79 Å². The largest absolute Gasteiger partial charge is 0.582 e. The van der Waals surface area contributed by atoms with Crippen molar-refractivity contribution in [1.29, 1.82) is 0 Å². The molecule has 0 bridgehead atoms. The highest BCUT2D eigenvalue weighted by molar-refractivity contribution is 8.39. The standard InChI is InChI=1S/C10H13N2O6PS/c1-5-3-12(10(15)11-9(5)14)8-2-6(13)7(18-8)4-17-19(16)20/h3,6-8,13H,2,4H2,1H3,(H-,11,14,15,16,20)/p+1. The number of aromatic nitrogens is 2. The van der Waals surface area contributed by atoms with Gasteiger partial charge >= 0.3 is 12.9 Å². The lowest BCUT2D eigenvalue weighted by Crippen LogP contribution is -2.33. The molecule has 2 heterocycles. The number of nitrogens with one attached hydrogen (secondary N) is 1. The summed E-state index contributed by atoms with van der Waals surface area (Å²) in [6.07, 6.45) is -0.726. The lowest BCUT2D eigenvalue weighted by Gasteiger charge is -2.14. The van der Waals surface area contributed by atoms with Gasteiger partial charge in [-0.3, -0.25) is 14.3 Å². The summed E-state index contributed by atoms with van der Waals surface area (Å²) in [6.45, 7) is 1.47. The Morgan fingerprint density at radius 1 is 1.65 bits per heavy atom. The summed E-state index contributed by atoms with van der Waals surface area (Å²) in [5.74, 6) is 0. The van der Waals surface area contributed by atoms with E-state index in [1.807, 2.05) is 0 Å². The lowest BCUT2D eigenvalue weighted by molar-refractivity contribution is -0.0393. The minimum Gasteiger partial charge on any atom is -0.390 e. The number of hydrogen-bond acceptors (Lipinski definition) is 6. The van der Waals surface area contributed by atoms with Crippen molar-refractivity contribution in [2.75, 3.05) is 6.61 Å². The maximum absolute atomic E-state index is 11.7. The van der Waals surface area contributed by atoms with Crippen molar-refractivity contribution in [2.45, 2.75) is 31.8 Å². The summed E-state index contributed by atoms with van der Waals surface area (Å²) >= 11 is 3.59. The predicted molar refractivity (Wildman–Crippen MR) is 73.1 cm³/mol. The molecule has 110 valence electrons. The number of rotatable bonds is 4. The average molecular weight is 321 g/mol. The van der Waals surface area contributed by atoms with Gasteiger partial charge in [0, 0.05) is 18.2 Å². The molecule has 4 unspecified atom stereocenters. The van der Waals surface area contributed by atoms with Crippen molar-refractivity contribution in [3.63, 3.8) is 0 Å². The van der Waals surface area contributed by atoms with Crippen LogP contribution in [0.2, 0.25) is 0 Å². The first-order valence-corrected chi connectivity index (χ1v) is 8.16. The molecule has 10 heteroatoms. The Morgan fingerprint density at radius 2 is 2.35 bits per heavy atom. The molecule has 0 radical (unpaired) electrons. The molecule has 1 aromatic heterocycles. The molecule has 2 rings (SSSR count). The second-order valence-corrected chi connectivity index (χ2v) is 6.16. The third-order valence-corrected chi connectivity index (χ3v) is 3.73. The van der Waals surface area contributed by atoms with E-state index < -0.39 is 36.9 Å². The molecule has 0 amide bonds. The maximum Gasteiger partial charge on any atom is 0.582 e. The van der Waals surface area contributed by atoms with Crippen LogP contribution in [0.3, 0.4) is 0 Å². The van der Waals surface area contributed by atoms with Gasteiger partial charge in [-0.15, -0.1) is 4.52 Å². The SMILES string of the molecule is Cc1cn(C2CC(O)C(CO[P+](=O)S)O2)c(=O)[nH]c1=O. The number of ether oxygens (including phenoxy) is 1. The van der Waals surface area contributed by atoms with E-state index >= 15 is 0 Å². The van der Waals surface area contributed by atoms with Gasteiger partial charge in [-0.1, -0.05) is 0 Å². The number of nitrogens with zero attached hydrogens (tertiary/aromatic N) is 1. The predicted octanol–water partition coefficient (Wildman–Crippen LogP) is 0.0972. The molecule has 1 aliphatic rings. The fraction of sp³-hybridized carbons (Fsp3) is 0.600. The molecular weight excluding hydrogens is 307 g/mol. The number of aliphatic hydroxyl groups is 1. The van der Waals surface area contributed by atoms with Crippen molar-refractivity contribution >= 4 is 19.5 Å². The summed E-state index contributed by atoms with van der Waals surface area (Å²) in [4.78, 5) is 25.2. The third-order valence-electron chi connectivity index (χ3n) is 3.01. The van der Waals surface area contributed by atoms with Gasteiger partial charge < -0.3 is 9.84 Å². The second-order valence-electron chi connectivity index (χ2n) is 4.44. The highest BCUT2D eigenvalue weighted by Gasteiger charge is 2.37. The zero-order valence-corrected chi connectivity index (χ0v) is 12.3. The van der Waals surface area contributed by atoms with Gasteiger partial charge in [0.1, 0.15) is 31.2 Å². The smallest absolute Gasteiger partial charge is 0.390 e. The van der Waals surface area contributed by atoms with Gasteiger partial charge in [0.25, 0.3) is 5.56 Å². The van der Waals surface area contributed by atoms with Crippen molar-refractivity contribution < 1.29 is 18.9 Å². The van der Waals surface area contributed by atoms with Gasteiger partial charge in [-0.05, 0) is 11.5 Å². The van der Waals surface area contributed by atoms with Crippen LogP contribution < -0.4 is 11.2 Å². The molecule has 1 aromatic rings. The van der Waals surface area contributed by atoms with Crippen LogP contribution in [0.5, 0.6) is 0 Å². The van der Waals surface area contributed by atoms with Crippen LogP contribution in [-0.4, -0.2) is 33.5 Å². The highest BCUT2D eigenvalue weighted by Crippen LogP contribution is 2.32. The Hall–Kier alpha value is -0.990. The Kier molecular flexibility index (Phi) is 4.77. The number of H-pyrrole nitrogens is 1. The molecule has 8 nitrogen and oxygen atoms in total. The Labute approximate surface area is 119 Å². The number of aryl methyl sites for hydroxylation is 1. The number of aromatic amines is 1. The number of thiol groups is 1. The molecule has 1 saturated heterocycles. The van der Waals surface area contributed by atoms with Gasteiger partial charge in [-0.2, -0.15) is 0 Å². The van der Waals surface area contributed by atoms with E-state index in [4.69, 9.17) is 9.26 Å². The topological polar surface area (TPSA) is 111 Å². The summed E-state index contributed by atoms with van der Waals surface area (Å²) in [6, 6.07) is 0. The first-order valence-electron chi connectivity index (χ1n) is 5.83. The molecule has 2 N–H and O–H groups in total. The van der Waals surface area contributed by atoms with Crippen molar-refractivity contribution in [2.24, 2.45) is 0 Å². The fourth-order valence-electron chi connectivity index (χ4n) is 1.97. The van der Waals surface area contributed by atoms with Crippen LogP contribution in [0.15, 0.2) is 15.8 Å². The third kappa shape index (κ3) is 3.36. The quantitative estimate of drug-likeness (QED) is 0.536. The minimum atomic E-state index is -2.08.